The number of aromatic nitrogens is 1. The normalized spacial score (nSPS) is 10.8. The Labute approximate surface area is 178 Å². The van der Waals surface area contributed by atoms with Gasteiger partial charge in [-0.1, -0.05) is 59.2 Å². The highest BCUT2D eigenvalue weighted by Crippen LogP contribution is 2.25. The van der Waals surface area contributed by atoms with Gasteiger partial charge in [-0.05, 0) is 29.8 Å². The Balaban J connectivity index is 1.33. The van der Waals surface area contributed by atoms with Crippen molar-refractivity contribution in [2.75, 3.05) is 5.32 Å². The molecule has 2 heterocycles. The molecule has 0 aliphatic carbocycles. The Bertz CT molecular complexity index is 1090. The smallest absolute Gasteiger partial charge is 0.173 e. The standard InChI is InChI=1S/C23H19ClN2O2S/c24-23-13-12-22(29-23)21(27)11-10-19-14-20(26-28-19)17-6-8-18(9-7-17)25-15-16-4-2-1-3-5-16/h1-9,12-14,25H,10-11,15H2. The van der Waals surface area contributed by atoms with Crippen molar-refractivity contribution >= 4 is 34.4 Å². The second kappa shape index (κ2) is 9.07. The Hall–Kier alpha value is -2.89. The summed E-state index contributed by atoms with van der Waals surface area (Å²) in [5.74, 6) is 0.760. The van der Waals surface area contributed by atoms with E-state index in [1.807, 2.05) is 48.5 Å². The number of thiophene rings is 1. The van der Waals surface area contributed by atoms with Crippen LogP contribution >= 0.6 is 22.9 Å². The average Bonchev–Trinajstić information content (AvgIpc) is 3.41. The second-order valence-electron chi connectivity index (χ2n) is 6.62. The maximum absolute atomic E-state index is 12.2. The quantitative estimate of drug-likeness (QED) is 0.330. The van der Waals surface area contributed by atoms with E-state index in [9.17, 15) is 4.79 Å². The van der Waals surface area contributed by atoms with Crippen LogP contribution in [0.5, 0.6) is 0 Å². The molecule has 0 amide bonds. The lowest BCUT2D eigenvalue weighted by Crippen LogP contribution is -1.98. The summed E-state index contributed by atoms with van der Waals surface area (Å²) < 4.78 is 6.03. The number of hydrogen-bond acceptors (Lipinski definition) is 5. The minimum Gasteiger partial charge on any atom is -0.381 e. The largest absolute Gasteiger partial charge is 0.381 e. The lowest BCUT2D eigenvalue weighted by atomic mass is 10.1. The zero-order valence-corrected chi connectivity index (χ0v) is 17.2. The first-order valence-corrected chi connectivity index (χ1v) is 10.5. The minimum absolute atomic E-state index is 0.0636. The number of ketones is 1. The fourth-order valence-electron chi connectivity index (χ4n) is 2.95. The van der Waals surface area contributed by atoms with E-state index in [4.69, 9.17) is 16.1 Å². The van der Waals surface area contributed by atoms with Gasteiger partial charge in [0.1, 0.15) is 11.5 Å². The van der Waals surface area contributed by atoms with Gasteiger partial charge in [0, 0.05) is 36.7 Å². The van der Waals surface area contributed by atoms with Crippen LogP contribution in [0.15, 0.2) is 77.3 Å². The van der Waals surface area contributed by atoms with Crippen LogP contribution in [0.2, 0.25) is 4.34 Å². The predicted molar refractivity (Wildman–Crippen MR) is 118 cm³/mol. The molecule has 4 aromatic rings. The van der Waals surface area contributed by atoms with Gasteiger partial charge in [0.05, 0.1) is 9.21 Å². The van der Waals surface area contributed by atoms with E-state index >= 15 is 0 Å². The summed E-state index contributed by atoms with van der Waals surface area (Å²) in [4.78, 5) is 12.9. The van der Waals surface area contributed by atoms with Gasteiger partial charge in [-0.25, -0.2) is 0 Å². The summed E-state index contributed by atoms with van der Waals surface area (Å²) in [7, 11) is 0. The fourth-order valence-corrected chi connectivity index (χ4v) is 3.96. The average molecular weight is 423 g/mol. The summed E-state index contributed by atoms with van der Waals surface area (Å²) in [5, 5.41) is 7.54. The second-order valence-corrected chi connectivity index (χ2v) is 8.34. The van der Waals surface area contributed by atoms with E-state index in [1.54, 1.807) is 12.1 Å². The molecule has 1 N–H and O–H groups in total. The summed E-state index contributed by atoms with van der Waals surface area (Å²) in [6.45, 7) is 0.776. The van der Waals surface area contributed by atoms with Crippen molar-refractivity contribution in [1.82, 2.24) is 5.16 Å². The molecule has 4 nitrogen and oxygen atoms in total. The molecule has 0 radical (unpaired) electrons. The van der Waals surface area contributed by atoms with Crippen LogP contribution < -0.4 is 5.32 Å². The van der Waals surface area contributed by atoms with Crippen molar-refractivity contribution in [1.29, 1.82) is 0 Å². The first-order valence-electron chi connectivity index (χ1n) is 9.30. The first kappa shape index (κ1) is 19.4. The third-order valence-electron chi connectivity index (χ3n) is 4.53. The van der Waals surface area contributed by atoms with Crippen molar-refractivity contribution in [3.63, 3.8) is 0 Å². The van der Waals surface area contributed by atoms with Crippen molar-refractivity contribution in [2.24, 2.45) is 0 Å². The van der Waals surface area contributed by atoms with E-state index in [0.717, 1.165) is 23.5 Å². The van der Waals surface area contributed by atoms with Gasteiger partial charge in [-0.2, -0.15) is 0 Å². The van der Waals surface area contributed by atoms with Gasteiger partial charge in [0.25, 0.3) is 0 Å². The van der Waals surface area contributed by atoms with Crippen LogP contribution in [0.1, 0.15) is 27.4 Å². The van der Waals surface area contributed by atoms with Crippen LogP contribution in [-0.4, -0.2) is 10.9 Å². The summed E-state index contributed by atoms with van der Waals surface area (Å²) in [6.07, 6.45) is 0.881. The monoisotopic (exact) mass is 422 g/mol. The molecule has 0 unspecified atom stereocenters. The molecular formula is C23H19ClN2O2S. The Kier molecular flexibility index (Phi) is 6.08. The van der Waals surface area contributed by atoms with E-state index in [0.29, 0.717) is 27.8 Å². The third-order valence-corrected chi connectivity index (χ3v) is 5.80. The third kappa shape index (κ3) is 5.13. The molecule has 6 heteroatoms. The van der Waals surface area contributed by atoms with Crippen molar-refractivity contribution in [3.05, 3.63) is 93.3 Å². The van der Waals surface area contributed by atoms with Crippen LogP contribution in [-0.2, 0) is 13.0 Å². The number of benzene rings is 2. The van der Waals surface area contributed by atoms with E-state index in [2.05, 4.69) is 22.6 Å². The highest BCUT2D eigenvalue weighted by Gasteiger charge is 2.12. The maximum atomic E-state index is 12.2. The molecule has 0 fully saturated rings. The lowest BCUT2D eigenvalue weighted by Gasteiger charge is -2.06. The summed E-state index contributed by atoms with van der Waals surface area (Å²) in [6, 6.07) is 23.7. The Morgan fingerprint density at radius 2 is 1.83 bits per heavy atom. The molecule has 0 aliphatic heterocycles. The highest BCUT2D eigenvalue weighted by atomic mass is 35.5. The van der Waals surface area contributed by atoms with Gasteiger partial charge in [-0.15, -0.1) is 11.3 Å². The molecule has 2 aromatic heterocycles. The number of rotatable bonds is 8. The SMILES string of the molecule is O=C(CCc1cc(-c2ccc(NCc3ccccc3)cc2)no1)c1ccc(Cl)s1. The fraction of sp³-hybridized carbons (Fsp3) is 0.130. The maximum Gasteiger partial charge on any atom is 0.173 e. The van der Waals surface area contributed by atoms with Gasteiger partial charge in [0.2, 0.25) is 0 Å². The van der Waals surface area contributed by atoms with Gasteiger partial charge in [0.15, 0.2) is 5.78 Å². The number of halogens is 1. The first-order chi connectivity index (χ1) is 14.2. The molecule has 4 rings (SSSR count). The molecule has 146 valence electrons. The molecule has 0 atom stereocenters. The number of anilines is 1. The van der Waals surface area contributed by atoms with Crippen molar-refractivity contribution in [2.45, 2.75) is 19.4 Å². The number of nitrogens with zero attached hydrogens (tertiary/aromatic N) is 1. The number of carbonyl (C=O) groups excluding carboxylic acids is 1. The Morgan fingerprint density at radius 1 is 1.03 bits per heavy atom. The molecular weight excluding hydrogens is 404 g/mol. The summed E-state index contributed by atoms with van der Waals surface area (Å²) >= 11 is 7.19. The molecule has 0 bridgehead atoms. The number of carbonyl (C=O) groups is 1. The molecule has 0 saturated heterocycles. The highest BCUT2D eigenvalue weighted by molar-refractivity contribution is 7.18. The van der Waals surface area contributed by atoms with E-state index in [-0.39, 0.29) is 5.78 Å². The topological polar surface area (TPSA) is 55.1 Å². The van der Waals surface area contributed by atoms with Crippen molar-refractivity contribution in [3.8, 4) is 11.3 Å². The molecule has 0 saturated carbocycles. The predicted octanol–water partition coefficient (Wildman–Crippen LogP) is 6.48. The van der Waals surface area contributed by atoms with Gasteiger partial charge in [-0.3, -0.25) is 4.79 Å². The zero-order chi connectivity index (χ0) is 20.1. The Morgan fingerprint density at radius 3 is 2.55 bits per heavy atom. The van der Waals surface area contributed by atoms with Crippen molar-refractivity contribution < 1.29 is 9.32 Å². The lowest BCUT2D eigenvalue weighted by molar-refractivity contribution is 0.0984. The van der Waals surface area contributed by atoms with E-state index in [1.165, 1.54) is 16.9 Å². The molecule has 0 spiro atoms. The van der Waals surface area contributed by atoms with Crippen LogP contribution in [0.25, 0.3) is 11.3 Å². The molecule has 29 heavy (non-hydrogen) atoms. The van der Waals surface area contributed by atoms with Gasteiger partial charge < -0.3 is 9.84 Å². The van der Waals surface area contributed by atoms with Gasteiger partial charge >= 0.3 is 0 Å². The number of Topliss-reactive ketones (excluding diaryl/α,β-unsaturated/α-hetero) is 1. The zero-order valence-electron chi connectivity index (χ0n) is 15.6. The number of hydrogen-bond donors (Lipinski definition) is 1. The number of nitrogens with one attached hydrogen (secondary N) is 1. The van der Waals surface area contributed by atoms with Crippen LogP contribution in [0.3, 0.4) is 0 Å². The van der Waals surface area contributed by atoms with Crippen LogP contribution in [0, 0.1) is 0 Å². The van der Waals surface area contributed by atoms with Crippen LogP contribution in [0.4, 0.5) is 5.69 Å². The molecule has 2 aromatic carbocycles. The van der Waals surface area contributed by atoms with E-state index < -0.39 is 0 Å². The number of aryl methyl sites for hydroxylation is 1. The molecule has 0 aliphatic rings. The minimum atomic E-state index is 0.0636. The summed E-state index contributed by atoms with van der Waals surface area (Å²) in [5.41, 5.74) is 4.02.